The summed E-state index contributed by atoms with van der Waals surface area (Å²) in [5.74, 6) is 0.0872. The van der Waals surface area contributed by atoms with Crippen LogP contribution in [0.2, 0.25) is 0 Å². The van der Waals surface area contributed by atoms with Gasteiger partial charge in [-0.25, -0.2) is 8.42 Å². The number of hydrogen-bond acceptors (Lipinski definition) is 5. The molecule has 0 spiro atoms. The number of aryl methyl sites for hydroxylation is 1. The van der Waals surface area contributed by atoms with Crippen LogP contribution >= 0.6 is 0 Å². The van der Waals surface area contributed by atoms with E-state index in [0.29, 0.717) is 37.4 Å². The third-order valence-electron chi connectivity index (χ3n) is 6.93. The van der Waals surface area contributed by atoms with Crippen LogP contribution in [-0.4, -0.2) is 98.1 Å². The Kier molecular flexibility index (Phi) is 7.17. The van der Waals surface area contributed by atoms with Gasteiger partial charge in [-0.2, -0.15) is 4.31 Å². The lowest BCUT2D eigenvalue weighted by atomic mass is 10.1. The average Bonchev–Trinajstić information content (AvgIpc) is 3.50. The number of rotatable bonds is 6. The van der Waals surface area contributed by atoms with Crippen LogP contribution in [-0.2, 0) is 26.0 Å². The number of benzene rings is 1. The fraction of sp³-hybridized carbons (Fsp3) is 0.652. The summed E-state index contributed by atoms with van der Waals surface area (Å²) in [7, 11) is -1.36. The molecule has 4 rings (SSSR count). The Bertz CT molecular complexity index is 920. The van der Waals surface area contributed by atoms with Crippen molar-refractivity contribution in [2.75, 3.05) is 52.9 Å². The van der Waals surface area contributed by atoms with Crippen LogP contribution in [0.15, 0.2) is 29.2 Å². The molecule has 0 unspecified atom stereocenters. The van der Waals surface area contributed by atoms with Gasteiger partial charge >= 0.3 is 0 Å². The Morgan fingerprint density at radius 1 is 0.906 bits per heavy atom. The number of likely N-dealkylation sites (N-methyl/N-ethyl adjacent to an activating group) is 1. The van der Waals surface area contributed by atoms with E-state index in [2.05, 4.69) is 11.9 Å². The van der Waals surface area contributed by atoms with Crippen molar-refractivity contribution >= 4 is 21.8 Å². The highest BCUT2D eigenvalue weighted by Crippen LogP contribution is 2.23. The van der Waals surface area contributed by atoms with Crippen molar-refractivity contribution < 1.29 is 18.0 Å². The number of nitrogens with zero attached hydrogens (tertiary/aromatic N) is 4. The van der Waals surface area contributed by atoms with Gasteiger partial charge in [0.2, 0.25) is 21.8 Å². The topological polar surface area (TPSA) is 81.2 Å². The third kappa shape index (κ3) is 5.00. The predicted molar refractivity (Wildman–Crippen MR) is 122 cm³/mol. The normalized spacial score (nSPS) is 23.1. The molecule has 2 amide bonds. The smallest absolute Gasteiger partial charge is 0.245 e. The fourth-order valence-electron chi connectivity index (χ4n) is 4.86. The molecule has 3 aliphatic rings. The quantitative estimate of drug-likeness (QED) is 0.634. The van der Waals surface area contributed by atoms with Crippen LogP contribution in [0.5, 0.6) is 0 Å². The number of carbonyl (C=O) groups is 2. The molecule has 0 saturated carbocycles. The van der Waals surface area contributed by atoms with E-state index in [-0.39, 0.29) is 17.9 Å². The van der Waals surface area contributed by atoms with Crippen LogP contribution in [0.1, 0.15) is 37.7 Å². The highest BCUT2D eigenvalue weighted by atomic mass is 32.2. The lowest BCUT2D eigenvalue weighted by molar-refractivity contribution is -0.144. The largest absolute Gasteiger partial charge is 0.338 e. The summed E-state index contributed by atoms with van der Waals surface area (Å²) in [6.45, 7) is 4.99. The van der Waals surface area contributed by atoms with Crippen molar-refractivity contribution in [1.82, 2.24) is 19.0 Å². The minimum atomic E-state index is -3.42. The summed E-state index contributed by atoms with van der Waals surface area (Å²) < 4.78 is 26.9. The summed E-state index contributed by atoms with van der Waals surface area (Å²) >= 11 is 0. The fourth-order valence-corrected chi connectivity index (χ4v) is 6.38. The molecule has 1 atom stereocenters. The number of piperazine rings is 1. The number of amides is 2. The molecular formula is C23H34N4O4S. The summed E-state index contributed by atoms with van der Waals surface area (Å²) in [5, 5.41) is 0. The van der Waals surface area contributed by atoms with Crippen LogP contribution in [0.25, 0.3) is 0 Å². The van der Waals surface area contributed by atoms with Crippen molar-refractivity contribution in [2.45, 2.75) is 49.5 Å². The van der Waals surface area contributed by atoms with E-state index in [1.54, 1.807) is 29.2 Å². The maximum absolute atomic E-state index is 13.0. The number of hydrogen-bond donors (Lipinski definition) is 0. The van der Waals surface area contributed by atoms with Crippen molar-refractivity contribution in [3.05, 3.63) is 29.8 Å². The number of carbonyl (C=O) groups excluding carboxylic acids is 2. The minimum Gasteiger partial charge on any atom is -0.338 e. The maximum Gasteiger partial charge on any atom is 0.245 e. The lowest BCUT2D eigenvalue weighted by Gasteiger charge is -2.35. The summed E-state index contributed by atoms with van der Waals surface area (Å²) in [6, 6.07) is 6.55. The van der Waals surface area contributed by atoms with E-state index in [0.717, 1.165) is 57.4 Å². The number of sulfonamides is 1. The monoisotopic (exact) mass is 462 g/mol. The number of likely N-dealkylation sites (tertiary alicyclic amines) is 1. The van der Waals surface area contributed by atoms with E-state index in [4.69, 9.17) is 0 Å². The van der Waals surface area contributed by atoms with Crippen molar-refractivity contribution in [3.8, 4) is 0 Å². The second-order valence-corrected chi connectivity index (χ2v) is 11.1. The molecule has 9 heteroatoms. The van der Waals surface area contributed by atoms with Gasteiger partial charge in [-0.05, 0) is 56.8 Å². The molecule has 1 aromatic rings. The van der Waals surface area contributed by atoms with E-state index in [1.807, 2.05) is 4.90 Å². The highest BCUT2D eigenvalue weighted by Gasteiger charge is 2.36. The highest BCUT2D eigenvalue weighted by molar-refractivity contribution is 7.89. The standard InChI is InChI=1S/C23H34N4O4S/c1-24-15-17-25(18-16-24)23(29)21-5-4-14-27(21)22(28)11-8-19-6-9-20(10-7-19)32(30,31)26-12-2-3-13-26/h6-7,9-10,21H,2-5,8,11-18H2,1H3/t21-/m1/s1. The minimum absolute atomic E-state index is 0.00347. The Balaban J connectivity index is 1.32. The van der Waals surface area contributed by atoms with Crippen molar-refractivity contribution in [3.63, 3.8) is 0 Å². The van der Waals surface area contributed by atoms with Crippen LogP contribution in [0, 0.1) is 0 Å². The Hall–Kier alpha value is -1.97. The van der Waals surface area contributed by atoms with Gasteiger partial charge < -0.3 is 14.7 Å². The Morgan fingerprint density at radius 2 is 1.56 bits per heavy atom. The average molecular weight is 463 g/mol. The zero-order valence-corrected chi connectivity index (χ0v) is 19.7. The zero-order valence-electron chi connectivity index (χ0n) is 18.9. The molecule has 0 aromatic heterocycles. The first-order valence-electron chi connectivity index (χ1n) is 11.7. The molecule has 3 fully saturated rings. The van der Waals surface area contributed by atoms with E-state index in [1.165, 1.54) is 4.31 Å². The second-order valence-electron chi connectivity index (χ2n) is 9.13. The summed E-state index contributed by atoms with van der Waals surface area (Å²) in [4.78, 5) is 32.1. The maximum atomic E-state index is 13.0. The first-order chi connectivity index (χ1) is 15.4. The first-order valence-corrected chi connectivity index (χ1v) is 13.2. The molecule has 3 aliphatic heterocycles. The molecule has 32 heavy (non-hydrogen) atoms. The van der Waals surface area contributed by atoms with E-state index >= 15 is 0 Å². The summed E-state index contributed by atoms with van der Waals surface area (Å²) in [6.07, 6.45) is 4.28. The van der Waals surface area contributed by atoms with Crippen LogP contribution in [0.3, 0.4) is 0 Å². The molecule has 176 valence electrons. The first kappa shape index (κ1) is 23.2. The van der Waals surface area contributed by atoms with Gasteiger partial charge in [0.25, 0.3) is 0 Å². The molecule has 0 aliphatic carbocycles. The molecule has 1 aromatic carbocycles. The predicted octanol–water partition coefficient (Wildman–Crippen LogP) is 1.17. The summed E-state index contributed by atoms with van der Waals surface area (Å²) in [5.41, 5.74) is 0.930. The zero-order chi connectivity index (χ0) is 22.7. The molecule has 3 saturated heterocycles. The van der Waals surface area contributed by atoms with Crippen molar-refractivity contribution in [2.24, 2.45) is 0 Å². The van der Waals surface area contributed by atoms with Gasteiger partial charge in [0.05, 0.1) is 4.90 Å². The van der Waals surface area contributed by atoms with Gasteiger partial charge in [-0.1, -0.05) is 12.1 Å². The molecular weight excluding hydrogens is 428 g/mol. The van der Waals surface area contributed by atoms with Crippen LogP contribution in [0.4, 0.5) is 0 Å². The van der Waals surface area contributed by atoms with Gasteiger partial charge in [0.1, 0.15) is 6.04 Å². The molecule has 0 bridgehead atoms. The van der Waals surface area contributed by atoms with Crippen molar-refractivity contribution in [1.29, 1.82) is 0 Å². The molecule has 0 radical (unpaired) electrons. The Labute approximate surface area is 191 Å². The van der Waals surface area contributed by atoms with Crippen LogP contribution < -0.4 is 0 Å². The van der Waals surface area contributed by atoms with E-state index < -0.39 is 10.0 Å². The van der Waals surface area contributed by atoms with Gasteiger partial charge in [0, 0.05) is 52.2 Å². The van der Waals surface area contributed by atoms with Gasteiger partial charge in [-0.3, -0.25) is 9.59 Å². The van der Waals surface area contributed by atoms with Gasteiger partial charge in [-0.15, -0.1) is 0 Å². The lowest BCUT2D eigenvalue weighted by Crippen LogP contribution is -2.53. The molecule has 0 N–H and O–H groups in total. The SMILES string of the molecule is CN1CCN(C(=O)[C@H]2CCCN2C(=O)CCc2ccc(S(=O)(=O)N3CCCC3)cc2)CC1. The molecule has 8 nitrogen and oxygen atoms in total. The van der Waals surface area contributed by atoms with Gasteiger partial charge in [0.15, 0.2) is 0 Å². The second kappa shape index (κ2) is 9.89. The van der Waals surface area contributed by atoms with E-state index in [9.17, 15) is 18.0 Å². The molecule has 3 heterocycles. The Morgan fingerprint density at radius 3 is 2.22 bits per heavy atom. The third-order valence-corrected chi connectivity index (χ3v) is 8.84.